The van der Waals surface area contributed by atoms with Crippen LogP contribution in [-0.4, -0.2) is 78.3 Å². The molecule has 2 aliphatic heterocycles. The van der Waals surface area contributed by atoms with Crippen LogP contribution in [0.25, 0.3) is 0 Å². The Morgan fingerprint density at radius 3 is 2.40 bits per heavy atom. The van der Waals surface area contributed by atoms with Crippen molar-refractivity contribution in [3.05, 3.63) is 54.2 Å². The molecule has 1 aromatic heterocycles. The van der Waals surface area contributed by atoms with Gasteiger partial charge in [0.2, 0.25) is 14.7 Å². The molecule has 1 aliphatic carbocycles. The van der Waals surface area contributed by atoms with E-state index in [2.05, 4.69) is 10.3 Å². The third-order valence-electron chi connectivity index (χ3n) is 8.14. The number of carbonyl (C=O) groups is 2. The van der Waals surface area contributed by atoms with Crippen LogP contribution in [0.4, 0.5) is 23.8 Å². The molecule has 1 aromatic carbocycles. The second-order valence-electron chi connectivity index (χ2n) is 10.6. The summed E-state index contributed by atoms with van der Waals surface area (Å²) in [6, 6.07) is 8.10. The minimum atomic E-state index is -4.61. The number of hydrogen-bond donors (Lipinski definition) is 1. The monoisotopic (exact) mass is 579 g/mol. The van der Waals surface area contributed by atoms with E-state index in [0.717, 1.165) is 25.3 Å². The second kappa shape index (κ2) is 10.6. The number of pyridine rings is 1. The molecule has 0 radical (unpaired) electrons. The van der Waals surface area contributed by atoms with Gasteiger partial charge in [0.15, 0.2) is 0 Å². The van der Waals surface area contributed by atoms with Crippen molar-refractivity contribution < 1.29 is 31.2 Å². The minimum absolute atomic E-state index is 0.0120. The van der Waals surface area contributed by atoms with Gasteiger partial charge in [0.05, 0.1) is 17.0 Å². The molecule has 1 saturated carbocycles. The van der Waals surface area contributed by atoms with Crippen LogP contribution < -0.4 is 10.2 Å². The molecule has 1 N–H and O–H groups in total. The number of anilines is 1. The Morgan fingerprint density at radius 1 is 1.05 bits per heavy atom. The van der Waals surface area contributed by atoms with Crippen LogP contribution in [0.2, 0.25) is 0 Å². The molecule has 2 aromatic rings. The lowest BCUT2D eigenvalue weighted by molar-refractivity contribution is -0.141. The summed E-state index contributed by atoms with van der Waals surface area (Å²) in [4.78, 5) is 33.6. The van der Waals surface area contributed by atoms with Crippen molar-refractivity contribution in [2.24, 2.45) is 0 Å². The predicted molar refractivity (Wildman–Crippen MR) is 141 cm³/mol. The Morgan fingerprint density at radius 2 is 1.75 bits per heavy atom. The summed E-state index contributed by atoms with van der Waals surface area (Å²) in [6.07, 6.45) is 0.419. The van der Waals surface area contributed by atoms with Crippen molar-refractivity contribution in [2.45, 2.75) is 67.1 Å². The van der Waals surface area contributed by atoms with Crippen LogP contribution >= 0.6 is 0 Å². The summed E-state index contributed by atoms with van der Waals surface area (Å²) in [5.41, 5.74) is -0.876. The molecule has 2 saturated heterocycles. The number of sulfone groups is 1. The van der Waals surface area contributed by atoms with Gasteiger partial charge in [0, 0.05) is 37.9 Å². The number of alkyl halides is 3. The fourth-order valence-corrected chi connectivity index (χ4v) is 8.19. The lowest BCUT2D eigenvalue weighted by atomic mass is 9.93. The largest absolute Gasteiger partial charge is 0.419 e. The molecule has 9 nitrogen and oxygen atoms in total. The van der Waals surface area contributed by atoms with Crippen LogP contribution in [0.1, 0.15) is 44.6 Å². The smallest absolute Gasteiger partial charge is 0.352 e. The summed E-state index contributed by atoms with van der Waals surface area (Å²) >= 11 is 0. The Hall–Kier alpha value is -3.35. The molecule has 1 unspecified atom stereocenters. The first-order valence-corrected chi connectivity index (χ1v) is 14.9. The molecule has 3 fully saturated rings. The van der Waals surface area contributed by atoms with Gasteiger partial charge in [-0.1, -0.05) is 37.5 Å². The third-order valence-corrected chi connectivity index (χ3v) is 10.4. The summed E-state index contributed by atoms with van der Waals surface area (Å²) in [6.45, 7) is 1.25. The van der Waals surface area contributed by atoms with E-state index >= 15 is 0 Å². The Kier molecular flexibility index (Phi) is 7.45. The average molecular weight is 580 g/mol. The number of urea groups is 1. The zero-order chi connectivity index (χ0) is 28.7. The number of hydrogen-bond acceptors (Lipinski definition) is 6. The number of aromatic nitrogens is 1. The lowest BCUT2D eigenvalue weighted by Gasteiger charge is -2.47. The zero-order valence-corrected chi connectivity index (χ0v) is 22.9. The normalized spacial score (nSPS) is 24.8. The van der Waals surface area contributed by atoms with E-state index < -0.39 is 57.0 Å². The molecule has 2 atom stereocenters. The van der Waals surface area contributed by atoms with Crippen molar-refractivity contribution >= 4 is 27.6 Å². The van der Waals surface area contributed by atoms with Crippen LogP contribution in [0.3, 0.4) is 0 Å². The number of rotatable bonds is 5. The van der Waals surface area contributed by atoms with E-state index in [4.69, 9.17) is 0 Å². The molecule has 0 bridgehead atoms. The number of amides is 3. The highest BCUT2D eigenvalue weighted by Crippen LogP contribution is 2.41. The highest BCUT2D eigenvalue weighted by Gasteiger charge is 2.64. The van der Waals surface area contributed by atoms with Gasteiger partial charge in [0.1, 0.15) is 5.82 Å². The van der Waals surface area contributed by atoms with Crippen LogP contribution in [-0.2, 0) is 20.8 Å². The molecule has 5 rings (SSSR count). The number of piperazine rings is 1. The molecule has 3 aliphatic rings. The predicted octanol–water partition coefficient (Wildman–Crippen LogP) is 3.67. The number of nitrogens with one attached hydrogen (secondary N) is 1. The van der Waals surface area contributed by atoms with Gasteiger partial charge in [-0.25, -0.2) is 18.2 Å². The first kappa shape index (κ1) is 28.2. The molecule has 3 heterocycles. The quantitative estimate of drug-likeness (QED) is 0.580. The van der Waals surface area contributed by atoms with Gasteiger partial charge >= 0.3 is 12.2 Å². The zero-order valence-electron chi connectivity index (χ0n) is 22.1. The Labute approximate surface area is 231 Å². The fraction of sp³-hybridized carbons (Fsp3) is 0.519. The van der Waals surface area contributed by atoms with Crippen molar-refractivity contribution in [2.75, 3.05) is 31.1 Å². The SMILES string of the molecule is C[C@H]1CN(c2ncccc2C(F)(F)F)CCN1C(=O)C1(S(=O)(=O)c2ccccc2)CNC(=O)N1C1CCCCC1. The highest BCUT2D eigenvalue weighted by atomic mass is 32.2. The first-order chi connectivity index (χ1) is 19.0. The minimum Gasteiger partial charge on any atom is -0.352 e. The number of carbonyl (C=O) groups excluding carboxylic acids is 2. The van der Waals surface area contributed by atoms with Crippen LogP contribution in [0.5, 0.6) is 0 Å². The second-order valence-corrected chi connectivity index (χ2v) is 12.7. The maximum absolute atomic E-state index is 14.5. The molecule has 0 spiro atoms. The van der Waals surface area contributed by atoms with E-state index in [0.29, 0.717) is 12.8 Å². The van der Waals surface area contributed by atoms with Crippen molar-refractivity contribution in [3.8, 4) is 0 Å². The van der Waals surface area contributed by atoms with Crippen LogP contribution in [0, 0.1) is 0 Å². The lowest BCUT2D eigenvalue weighted by Crippen LogP contribution is -2.69. The molecule has 40 heavy (non-hydrogen) atoms. The average Bonchev–Trinajstić information content (AvgIpc) is 3.31. The highest BCUT2D eigenvalue weighted by molar-refractivity contribution is 7.93. The van der Waals surface area contributed by atoms with E-state index in [9.17, 15) is 31.2 Å². The summed E-state index contributed by atoms with van der Waals surface area (Å²) < 4.78 is 69.7. The Bertz CT molecular complexity index is 1370. The van der Waals surface area contributed by atoms with Crippen molar-refractivity contribution in [1.82, 2.24) is 20.1 Å². The van der Waals surface area contributed by atoms with Gasteiger partial charge in [-0.15, -0.1) is 0 Å². The number of nitrogens with zero attached hydrogens (tertiary/aromatic N) is 4. The maximum Gasteiger partial charge on any atom is 0.419 e. The van der Waals surface area contributed by atoms with E-state index in [-0.39, 0.29) is 30.3 Å². The van der Waals surface area contributed by atoms with Crippen molar-refractivity contribution in [1.29, 1.82) is 0 Å². The molecule has 13 heteroatoms. The number of benzene rings is 1. The van der Waals surface area contributed by atoms with Gasteiger partial charge in [-0.05, 0) is 44.0 Å². The first-order valence-electron chi connectivity index (χ1n) is 13.4. The molecule has 216 valence electrons. The van der Waals surface area contributed by atoms with E-state index in [1.54, 1.807) is 25.1 Å². The third kappa shape index (κ3) is 4.67. The van der Waals surface area contributed by atoms with Gasteiger partial charge in [-0.2, -0.15) is 13.2 Å². The van der Waals surface area contributed by atoms with E-state index in [1.165, 1.54) is 39.1 Å². The maximum atomic E-state index is 14.5. The van der Waals surface area contributed by atoms with Gasteiger partial charge < -0.3 is 15.1 Å². The number of halogens is 3. The molecule has 3 amide bonds. The Balaban J connectivity index is 1.52. The topological polar surface area (TPSA) is 103 Å². The van der Waals surface area contributed by atoms with Crippen LogP contribution in [0.15, 0.2) is 53.6 Å². The molecular weight excluding hydrogens is 547 g/mol. The summed E-state index contributed by atoms with van der Waals surface area (Å²) in [7, 11) is -4.42. The van der Waals surface area contributed by atoms with Gasteiger partial charge in [0.25, 0.3) is 5.91 Å². The van der Waals surface area contributed by atoms with E-state index in [1.807, 2.05) is 0 Å². The molecular formula is C27H32F3N5O4S. The van der Waals surface area contributed by atoms with Crippen molar-refractivity contribution in [3.63, 3.8) is 0 Å². The standard InChI is InChI=1S/C27H32F3N5O4S/c1-19-17-33(23-22(27(28,29)30)13-8-14-31-23)15-16-34(19)24(36)26(40(38,39)21-11-6-3-7-12-21)18-32-25(37)35(26)20-9-4-2-5-10-20/h3,6-8,11-14,19-20H,2,4-5,9-10,15-18H2,1H3,(H,32,37)/t19-,26?/m0/s1. The fourth-order valence-electron chi connectivity index (χ4n) is 6.19. The van der Waals surface area contributed by atoms with Gasteiger partial charge in [-0.3, -0.25) is 9.69 Å². The summed E-state index contributed by atoms with van der Waals surface area (Å²) in [5, 5.41) is 2.64. The summed E-state index contributed by atoms with van der Waals surface area (Å²) in [5.74, 6) is -0.980.